The molecule has 1 aromatic carbocycles. The molecule has 2 aliphatic heterocycles. The number of pyridine rings is 1. The van der Waals surface area contributed by atoms with Gasteiger partial charge in [-0.25, -0.2) is 0 Å². The van der Waals surface area contributed by atoms with E-state index in [4.69, 9.17) is 11.6 Å². The summed E-state index contributed by atoms with van der Waals surface area (Å²) in [5, 5.41) is 7.89. The average Bonchev–Trinajstić information content (AvgIpc) is 2.98. The van der Waals surface area contributed by atoms with Gasteiger partial charge in [0.05, 0.1) is 22.1 Å². The number of aromatic nitrogens is 1. The smallest absolute Gasteiger partial charge is 0.155 e. The molecule has 5 nitrogen and oxygen atoms in total. The van der Waals surface area contributed by atoms with Crippen molar-refractivity contribution >= 4 is 28.7 Å². The summed E-state index contributed by atoms with van der Waals surface area (Å²) in [5.41, 5.74) is 5.90. The van der Waals surface area contributed by atoms with E-state index < -0.39 is 0 Å². The zero-order valence-electron chi connectivity index (χ0n) is 14.0. The molecule has 0 bridgehead atoms. The van der Waals surface area contributed by atoms with E-state index in [2.05, 4.69) is 57.5 Å². The van der Waals surface area contributed by atoms with E-state index in [0.29, 0.717) is 0 Å². The van der Waals surface area contributed by atoms with Gasteiger partial charge in [-0.05, 0) is 37.1 Å². The van der Waals surface area contributed by atoms with Crippen molar-refractivity contribution < 1.29 is 0 Å². The Morgan fingerprint density at radius 3 is 2.54 bits per heavy atom. The Hall–Kier alpha value is -1.98. The molecule has 1 unspecified atom stereocenters. The average molecular weight is 344 g/mol. The van der Waals surface area contributed by atoms with E-state index in [0.717, 1.165) is 42.5 Å². The van der Waals surface area contributed by atoms with Crippen molar-refractivity contribution in [2.75, 3.05) is 41.7 Å². The number of hydrogen-bond donors (Lipinski definition) is 2. The van der Waals surface area contributed by atoms with Gasteiger partial charge in [-0.1, -0.05) is 17.7 Å². The number of halogens is 1. The Labute approximate surface area is 147 Å². The fraction of sp³-hybridized carbons (Fsp3) is 0.389. The molecule has 0 aliphatic carbocycles. The molecule has 2 aromatic rings. The van der Waals surface area contributed by atoms with Crippen LogP contribution in [0.5, 0.6) is 0 Å². The number of aryl methyl sites for hydroxylation is 2. The maximum absolute atomic E-state index is 6.36. The van der Waals surface area contributed by atoms with Crippen LogP contribution in [0, 0.1) is 13.8 Å². The lowest BCUT2D eigenvalue weighted by atomic mass is 10.2. The molecule has 3 heterocycles. The summed E-state index contributed by atoms with van der Waals surface area (Å²) in [6.07, 6.45) is 3.78. The van der Waals surface area contributed by atoms with Crippen molar-refractivity contribution in [1.82, 2.24) is 9.88 Å². The molecule has 4 rings (SSSR count). The van der Waals surface area contributed by atoms with Crippen molar-refractivity contribution in [1.29, 1.82) is 0 Å². The van der Waals surface area contributed by atoms with Crippen molar-refractivity contribution in [3.05, 3.63) is 46.7 Å². The third kappa shape index (κ3) is 2.78. The summed E-state index contributed by atoms with van der Waals surface area (Å²) in [5.74, 6) is 0. The van der Waals surface area contributed by atoms with Crippen LogP contribution in [0.4, 0.5) is 17.1 Å². The van der Waals surface area contributed by atoms with Gasteiger partial charge < -0.3 is 15.5 Å². The summed E-state index contributed by atoms with van der Waals surface area (Å²) in [6.45, 7) is 8.07. The van der Waals surface area contributed by atoms with Crippen LogP contribution in [0.2, 0.25) is 5.02 Å². The fourth-order valence-corrected chi connectivity index (χ4v) is 3.87. The van der Waals surface area contributed by atoms with Gasteiger partial charge in [-0.3, -0.25) is 9.88 Å². The van der Waals surface area contributed by atoms with Crippen LogP contribution in [0.15, 0.2) is 30.6 Å². The Morgan fingerprint density at radius 2 is 1.79 bits per heavy atom. The number of rotatable bonds is 2. The van der Waals surface area contributed by atoms with E-state index in [1.54, 1.807) is 6.20 Å². The minimum Gasteiger partial charge on any atom is -0.367 e. The molecular weight excluding hydrogens is 322 g/mol. The van der Waals surface area contributed by atoms with Gasteiger partial charge in [0.1, 0.15) is 0 Å². The predicted molar refractivity (Wildman–Crippen MR) is 100.0 cm³/mol. The molecule has 6 heteroatoms. The summed E-state index contributed by atoms with van der Waals surface area (Å²) in [6, 6.07) is 6.48. The molecule has 2 N–H and O–H groups in total. The molecule has 1 atom stereocenters. The minimum absolute atomic E-state index is 0.165. The number of nitrogens with zero attached hydrogens (tertiary/aromatic N) is 3. The predicted octanol–water partition coefficient (Wildman–Crippen LogP) is 3.30. The van der Waals surface area contributed by atoms with Crippen LogP contribution in [-0.2, 0) is 0 Å². The van der Waals surface area contributed by atoms with Crippen molar-refractivity contribution in [2.24, 2.45) is 0 Å². The lowest BCUT2D eigenvalue weighted by molar-refractivity contribution is 0.223. The summed E-state index contributed by atoms with van der Waals surface area (Å²) in [7, 11) is 0. The SMILES string of the molecule is Cc1ccc2c(c1)NC(N1CCN(c3c(C)cncc3Cl)CC1)N2. The van der Waals surface area contributed by atoms with Gasteiger partial charge in [-0.2, -0.15) is 0 Å². The number of benzene rings is 1. The molecular formula is C18H22ClN5. The number of piperazine rings is 1. The van der Waals surface area contributed by atoms with E-state index in [1.165, 1.54) is 16.9 Å². The second-order valence-electron chi connectivity index (χ2n) is 6.55. The van der Waals surface area contributed by atoms with Crippen LogP contribution < -0.4 is 15.5 Å². The first-order chi connectivity index (χ1) is 11.6. The van der Waals surface area contributed by atoms with E-state index in [9.17, 15) is 0 Å². The van der Waals surface area contributed by atoms with Crippen LogP contribution in [0.1, 0.15) is 11.1 Å². The maximum atomic E-state index is 6.36. The molecule has 0 saturated carbocycles. The number of nitrogens with one attached hydrogen (secondary N) is 2. The highest BCUT2D eigenvalue weighted by molar-refractivity contribution is 6.33. The fourth-order valence-electron chi connectivity index (χ4n) is 3.55. The first kappa shape index (κ1) is 15.5. The maximum Gasteiger partial charge on any atom is 0.155 e. The van der Waals surface area contributed by atoms with E-state index in [1.807, 2.05) is 6.20 Å². The highest BCUT2D eigenvalue weighted by Crippen LogP contribution is 2.32. The Bertz CT molecular complexity index is 735. The second kappa shape index (κ2) is 6.15. The van der Waals surface area contributed by atoms with E-state index >= 15 is 0 Å². The molecule has 0 spiro atoms. The van der Waals surface area contributed by atoms with Crippen LogP contribution in [0.25, 0.3) is 0 Å². The highest BCUT2D eigenvalue weighted by Gasteiger charge is 2.29. The normalized spacial score (nSPS) is 20.5. The van der Waals surface area contributed by atoms with Gasteiger partial charge in [0, 0.05) is 38.6 Å². The molecule has 1 fully saturated rings. The molecule has 24 heavy (non-hydrogen) atoms. The highest BCUT2D eigenvalue weighted by atomic mass is 35.5. The number of fused-ring (bicyclic) bond motifs is 1. The zero-order chi connectivity index (χ0) is 16.7. The second-order valence-corrected chi connectivity index (χ2v) is 6.96. The quantitative estimate of drug-likeness (QED) is 0.876. The van der Waals surface area contributed by atoms with Gasteiger partial charge in [0.25, 0.3) is 0 Å². The Kier molecular flexibility index (Phi) is 3.98. The van der Waals surface area contributed by atoms with Crippen molar-refractivity contribution in [3.8, 4) is 0 Å². The molecule has 126 valence electrons. The molecule has 1 saturated heterocycles. The topological polar surface area (TPSA) is 43.4 Å². The van der Waals surface area contributed by atoms with Crippen LogP contribution >= 0.6 is 11.6 Å². The van der Waals surface area contributed by atoms with Crippen molar-refractivity contribution in [3.63, 3.8) is 0 Å². The lowest BCUT2D eigenvalue weighted by Gasteiger charge is -2.39. The minimum atomic E-state index is 0.165. The third-order valence-corrected chi connectivity index (χ3v) is 5.09. The first-order valence-electron chi connectivity index (χ1n) is 8.34. The van der Waals surface area contributed by atoms with Crippen molar-refractivity contribution in [2.45, 2.75) is 20.1 Å². The lowest BCUT2D eigenvalue weighted by Crippen LogP contribution is -2.54. The number of hydrogen-bond acceptors (Lipinski definition) is 5. The molecule has 0 amide bonds. The van der Waals surface area contributed by atoms with Gasteiger partial charge in [-0.15, -0.1) is 0 Å². The number of anilines is 3. The van der Waals surface area contributed by atoms with Gasteiger partial charge in [0.15, 0.2) is 6.29 Å². The molecule has 2 aliphatic rings. The van der Waals surface area contributed by atoms with Gasteiger partial charge in [0.2, 0.25) is 0 Å². The zero-order valence-corrected chi connectivity index (χ0v) is 14.8. The van der Waals surface area contributed by atoms with E-state index in [-0.39, 0.29) is 6.29 Å². The summed E-state index contributed by atoms with van der Waals surface area (Å²) < 4.78 is 0. The van der Waals surface area contributed by atoms with Crippen LogP contribution in [0.3, 0.4) is 0 Å². The Balaban J connectivity index is 1.42. The summed E-state index contributed by atoms with van der Waals surface area (Å²) in [4.78, 5) is 8.96. The molecule has 0 radical (unpaired) electrons. The Morgan fingerprint density at radius 1 is 1.04 bits per heavy atom. The summed E-state index contributed by atoms with van der Waals surface area (Å²) >= 11 is 6.36. The standard InChI is InChI=1S/C18H22ClN5/c1-12-3-4-15-16(9-12)22-18(21-15)24-7-5-23(6-8-24)17-13(2)10-20-11-14(17)19/h3-4,9-11,18,21-22H,5-8H2,1-2H3. The monoisotopic (exact) mass is 343 g/mol. The largest absolute Gasteiger partial charge is 0.367 e. The van der Waals surface area contributed by atoms with Crippen LogP contribution in [-0.4, -0.2) is 42.4 Å². The first-order valence-corrected chi connectivity index (χ1v) is 8.72. The molecule has 1 aromatic heterocycles. The van der Waals surface area contributed by atoms with Gasteiger partial charge >= 0.3 is 0 Å². The third-order valence-electron chi connectivity index (χ3n) is 4.81.